The van der Waals surface area contributed by atoms with Gasteiger partial charge in [-0.05, 0) is 26.1 Å². The summed E-state index contributed by atoms with van der Waals surface area (Å²) in [5, 5.41) is 0.433. The number of nitrogen functional groups attached to an aromatic ring is 1. The molecule has 5 heteroatoms. The van der Waals surface area contributed by atoms with Gasteiger partial charge in [0, 0.05) is 25.7 Å². The summed E-state index contributed by atoms with van der Waals surface area (Å²) in [7, 11) is 2.06. The molecule has 1 amide bonds. The molecule has 1 atom stereocenters. The summed E-state index contributed by atoms with van der Waals surface area (Å²) in [5.74, 6) is -0.0319. The van der Waals surface area contributed by atoms with Crippen LogP contribution in [0.15, 0.2) is 18.2 Å². The Morgan fingerprint density at radius 2 is 2.17 bits per heavy atom. The highest BCUT2D eigenvalue weighted by molar-refractivity contribution is 6.33. The molecule has 1 heterocycles. The number of carbonyl (C=O) groups is 1. The summed E-state index contributed by atoms with van der Waals surface area (Å²) in [6.45, 7) is 4.54. The molecule has 18 heavy (non-hydrogen) atoms. The number of piperazine rings is 1. The molecule has 1 aromatic carbocycles. The third kappa shape index (κ3) is 2.44. The Kier molecular flexibility index (Phi) is 3.78. The molecule has 0 bridgehead atoms. The molecular weight excluding hydrogens is 250 g/mol. The number of rotatable bonds is 1. The summed E-state index contributed by atoms with van der Waals surface area (Å²) in [5.41, 5.74) is 6.74. The van der Waals surface area contributed by atoms with Gasteiger partial charge in [-0.15, -0.1) is 0 Å². The monoisotopic (exact) mass is 267 g/mol. The van der Waals surface area contributed by atoms with Crippen molar-refractivity contribution in [2.24, 2.45) is 0 Å². The lowest BCUT2D eigenvalue weighted by molar-refractivity contribution is 0.0534. The Labute approximate surface area is 112 Å². The van der Waals surface area contributed by atoms with Crippen molar-refractivity contribution in [3.8, 4) is 0 Å². The van der Waals surface area contributed by atoms with Crippen molar-refractivity contribution in [2.75, 3.05) is 32.4 Å². The number of para-hydroxylation sites is 1. The van der Waals surface area contributed by atoms with Crippen molar-refractivity contribution in [3.05, 3.63) is 28.8 Å². The zero-order valence-electron chi connectivity index (χ0n) is 10.7. The molecule has 1 fully saturated rings. The van der Waals surface area contributed by atoms with Crippen LogP contribution in [0.3, 0.4) is 0 Å². The van der Waals surface area contributed by atoms with Crippen LogP contribution in [0.4, 0.5) is 5.69 Å². The first-order valence-corrected chi connectivity index (χ1v) is 6.42. The topological polar surface area (TPSA) is 49.6 Å². The molecule has 0 radical (unpaired) electrons. The van der Waals surface area contributed by atoms with Crippen molar-refractivity contribution >= 4 is 23.2 Å². The fourth-order valence-electron chi connectivity index (χ4n) is 2.32. The normalized spacial score (nSPS) is 21.1. The summed E-state index contributed by atoms with van der Waals surface area (Å²) in [6.07, 6.45) is 0. The van der Waals surface area contributed by atoms with Crippen LogP contribution in [0.1, 0.15) is 17.3 Å². The first kappa shape index (κ1) is 13.2. The smallest absolute Gasteiger partial charge is 0.256 e. The van der Waals surface area contributed by atoms with E-state index in [0.29, 0.717) is 16.3 Å². The lowest BCUT2D eigenvalue weighted by Gasteiger charge is -2.38. The standard InChI is InChI=1S/C13H18ClN3O/c1-9-8-16(2)6-7-17(9)13(18)10-4-3-5-11(14)12(10)15/h3-5,9H,6-8,15H2,1-2H3. The van der Waals surface area contributed by atoms with Gasteiger partial charge in [0.15, 0.2) is 0 Å². The molecule has 0 spiro atoms. The average Bonchev–Trinajstić information content (AvgIpc) is 2.32. The number of nitrogens with two attached hydrogens (primary N) is 1. The Hall–Kier alpha value is -1.26. The summed E-state index contributed by atoms with van der Waals surface area (Å²) >= 11 is 5.95. The van der Waals surface area contributed by atoms with E-state index in [4.69, 9.17) is 17.3 Å². The number of anilines is 1. The Morgan fingerprint density at radius 3 is 2.83 bits per heavy atom. The first-order valence-electron chi connectivity index (χ1n) is 6.04. The number of hydrogen-bond donors (Lipinski definition) is 1. The number of nitrogens with zero attached hydrogens (tertiary/aromatic N) is 2. The molecule has 1 saturated heterocycles. The van der Waals surface area contributed by atoms with Crippen molar-refractivity contribution in [1.82, 2.24) is 9.80 Å². The van der Waals surface area contributed by atoms with E-state index in [1.807, 2.05) is 11.8 Å². The van der Waals surface area contributed by atoms with E-state index in [2.05, 4.69) is 11.9 Å². The predicted molar refractivity (Wildman–Crippen MR) is 73.9 cm³/mol. The maximum absolute atomic E-state index is 12.5. The van der Waals surface area contributed by atoms with Crippen LogP contribution in [0.25, 0.3) is 0 Å². The second-order valence-electron chi connectivity index (χ2n) is 4.81. The summed E-state index contributed by atoms with van der Waals surface area (Å²) in [6, 6.07) is 5.37. The molecule has 1 unspecified atom stereocenters. The highest BCUT2D eigenvalue weighted by Gasteiger charge is 2.27. The molecule has 0 aromatic heterocycles. The average molecular weight is 268 g/mol. The van der Waals surface area contributed by atoms with Gasteiger partial charge in [0.25, 0.3) is 5.91 Å². The maximum atomic E-state index is 12.5. The Morgan fingerprint density at radius 1 is 1.44 bits per heavy atom. The van der Waals surface area contributed by atoms with E-state index in [9.17, 15) is 4.79 Å². The molecular formula is C13H18ClN3O. The quantitative estimate of drug-likeness (QED) is 0.788. The van der Waals surface area contributed by atoms with Gasteiger partial charge in [-0.1, -0.05) is 17.7 Å². The molecule has 1 aromatic rings. The zero-order valence-corrected chi connectivity index (χ0v) is 11.4. The van der Waals surface area contributed by atoms with E-state index in [1.165, 1.54) is 0 Å². The third-order valence-corrected chi connectivity index (χ3v) is 3.70. The minimum absolute atomic E-state index is 0.0319. The number of benzene rings is 1. The minimum atomic E-state index is -0.0319. The lowest BCUT2D eigenvalue weighted by Crippen LogP contribution is -2.52. The van der Waals surface area contributed by atoms with Gasteiger partial charge in [-0.2, -0.15) is 0 Å². The molecule has 4 nitrogen and oxygen atoms in total. The van der Waals surface area contributed by atoms with Gasteiger partial charge >= 0.3 is 0 Å². The van der Waals surface area contributed by atoms with Gasteiger partial charge < -0.3 is 15.5 Å². The number of carbonyl (C=O) groups excluding carboxylic acids is 1. The van der Waals surface area contributed by atoms with Crippen molar-refractivity contribution in [2.45, 2.75) is 13.0 Å². The van der Waals surface area contributed by atoms with Crippen LogP contribution < -0.4 is 5.73 Å². The number of amides is 1. The molecule has 1 aliphatic heterocycles. The Balaban J connectivity index is 2.23. The number of likely N-dealkylation sites (N-methyl/N-ethyl adjacent to an activating group) is 1. The van der Waals surface area contributed by atoms with Gasteiger partial charge in [0.05, 0.1) is 16.3 Å². The van der Waals surface area contributed by atoms with Crippen LogP contribution >= 0.6 is 11.6 Å². The SMILES string of the molecule is CC1CN(C)CCN1C(=O)c1cccc(Cl)c1N. The second kappa shape index (κ2) is 5.16. The molecule has 1 aliphatic rings. The van der Waals surface area contributed by atoms with Crippen molar-refractivity contribution in [1.29, 1.82) is 0 Å². The van der Waals surface area contributed by atoms with Crippen LogP contribution in [0.5, 0.6) is 0 Å². The zero-order chi connectivity index (χ0) is 13.3. The summed E-state index contributed by atoms with van der Waals surface area (Å²) in [4.78, 5) is 16.5. The van der Waals surface area contributed by atoms with Gasteiger partial charge in [-0.25, -0.2) is 0 Å². The van der Waals surface area contributed by atoms with E-state index in [1.54, 1.807) is 18.2 Å². The van der Waals surface area contributed by atoms with Crippen LogP contribution in [0, 0.1) is 0 Å². The lowest BCUT2D eigenvalue weighted by atomic mass is 10.1. The van der Waals surface area contributed by atoms with E-state index < -0.39 is 0 Å². The fraction of sp³-hybridized carbons (Fsp3) is 0.462. The van der Waals surface area contributed by atoms with Crippen molar-refractivity contribution in [3.63, 3.8) is 0 Å². The first-order chi connectivity index (χ1) is 8.50. The van der Waals surface area contributed by atoms with Crippen LogP contribution in [-0.4, -0.2) is 48.4 Å². The predicted octanol–water partition coefficient (Wildman–Crippen LogP) is 1.70. The number of halogens is 1. The highest BCUT2D eigenvalue weighted by Crippen LogP contribution is 2.24. The summed E-state index contributed by atoms with van der Waals surface area (Å²) < 4.78 is 0. The fourth-order valence-corrected chi connectivity index (χ4v) is 2.49. The van der Waals surface area contributed by atoms with Gasteiger partial charge in [-0.3, -0.25) is 4.79 Å². The van der Waals surface area contributed by atoms with Crippen molar-refractivity contribution < 1.29 is 4.79 Å². The van der Waals surface area contributed by atoms with Crippen LogP contribution in [-0.2, 0) is 0 Å². The highest BCUT2D eigenvalue weighted by atomic mass is 35.5. The van der Waals surface area contributed by atoms with Crippen LogP contribution in [0.2, 0.25) is 5.02 Å². The van der Waals surface area contributed by atoms with Gasteiger partial charge in [0.1, 0.15) is 0 Å². The molecule has 98 valence electrons. The molecule has 2 rings (SSSR count). The largest absolute Gasteiger partial charge is 0.397 e. The van der Waals surface area contributed by atoms with Gasteiger partial charge in [0.2, 0.25) is 0 Å². The minimum Gasteiger partial charge on any atom is -0.397 e. The second-order valence-corrected chi connectivity index (χ2v) is 5.22. The Bertz CT molecular complexity index is 464. The van der Waals surface area contributed by atoms with E-state index in [0.717, 1.165) is 19.6 Å². The molecule has 0 aliphatic carbocycles. The molecule has 2 N–H and O–H groups in total. The third-order valence-electron chi connectivity index (χ3n) is 3.37. The van der Waals surface area contributed by atoms with E-state index in [-0.39, 0.29) is 11.9 Å². The molecule has 0 saturated carbocycles. The maximum Gasteiger partial charge on any atom is 0.256 e. The number of hydrogen-bond acceptors (Lipinski definition) is 3. The van der Waals surface area contributed by atoms with E-state index >= 15 is 0 Å².